The summed E-state index contributed by atoms with van der Waals surface area (Å²) in [5.74, 6) is 0. The fourth-order valence-corrected chi connectivity index (χ4v) is 3.87. The van der Waals surface area contributed by atoms with Gasteiger partial charge in [-0.05, 0) is 0 Å². The number of hydrogen-bond acceptors (Lipinski definition) is 6. The van der Waals surface area contributed by atoms with Crippen molar-refractivity contribution < 1.29 is 34.9 Å². The van der Waals surface area contributed by atoms with Crippen molar-refractivity contribution in [1.82, 2.24) is 0 Å². The van der Waals surface area contributed by atoms with Crippen LogP contribution in [0.2, 0.25) is 0 Å². The van der Waals surface area contributed by atoms with Gasteiger partial charge in [0.1, 0.15) is 0 Å². The van der Waals surface area contributed by atoms with E-state index in [4.69, 9.17) is 0 Å². The summed E-state index contributed by atoms with van der Waals surface area (Å²) in [6.07, 6.45) is -1.24. The number of rotatable bonds is 5. The Balaban J connectivity index is 3.07. The molecular formula is C9H8F3NO6SSe. The molecule has 0 aromatic heterocycles. The fourth-order valence-electron chi connectivity index (χ4n) is 1.17. The first-order valence-electron chi connectivity index (χ1n) is 5.09. The minimum atomic E-state index is -5.75. The second-order valence-electron chi connectivity index (χ2n) is 3.71. The Morgan fingerprint density at radius 3 is 2.43 bits per heavy atom. The number of nitro benzene ring substituents is 1. The van der Waals surface area contributed by atoms with Crippen LogP contribution in [-0.4, -0.2) is 39.2 Å². The van der Waals surface area contributed by atoms with Gasteiger partial charge in [0.15, 0.2) is 0 Å². The van der Waals surface area contributed by atoms with Crippen molar-refractivity contribution in [1.29, 1.82) is 0 Å². The van der Waals surface area contributed by atoms with Crippen molar-refractivity contribution in [2.75, 3.05) is 0 Å². The van der Waals surface area contributed by atoms with Crippen LogP contribution in [0.25, 0.3) is 0 Å². The van der Waals surface area contributed by atoms with Crippen LogP contribution in [0.1, 0.15) is 18.6 Å². The van der Waals surface area contributed by atoms with Gasteiger partial charge in [0, 0.05) is 0 Å². The zero-order chi connectivity index (χ0) is 16.4. The summed E-state index contributed by atoms with van der Waals surface area (Å²) in [5, 5.41) is 20.0. The Hall–Kier alpha value is -1.20. The van der Waals surface area contributed by atoms with Gasteiger partial charge in [-0.3, -0.25) is 0 Å². The van der Waals surface area contributed by atoms with E-state index in [2.05, 4.69) is 3.27 Å². The third-order valence-electron chi connectivity index (χ3n) is 2.15. The summed E-state index contributed by atoms with van der Waals surface area (Å²) in [4.78, 5) is 9.83. The Kier molecular flexibility index (Phi) is 5.34. The first-order chi connectivity index (χ1) is 9.45. The number of halogens is 3. The number of aliphatic hydroxyl groups is 1. The van der Waals surface area contributed by atoms with Gasteiger partial charge in [0.05, 0.1) is 0 Å². The average molecular weight is 394 g/mol. The molecule has 0 aliphatic rings. The molecule has 0 saturated carbocycles. The van der Waals surface area contributed by atoms with E-state index >= 15 is 0 Å². The first kappa shape index (κ1) is 17.8. The van der Waals surface area contributed by atoms with Crippen LogP contribution >= 0.6 is 0 Å². The molecule has 1 rings (SSSR count). The molecule has 12 heteroatoms. The van der Waals surface area contributed by atoms with Crippen LogP contribution in [-0.2, 0) is 13.4 Å². The molecule has 0 spiro atoms. The molecule has 118 valence electrons. The van der Waals surface area contributed by atoms with Crippen molar-refractivity contribution >= 4 is 35.6 Å². The standard InChI is InChI=1S/C9H8F3NO6SSe/c1-5(14)7-4-6(13(15)16)2-3-8(7)21-19-20(17,18)9(10,11)12/h2-5,14H,1H3/t5-/m0/s1. The van der Waals surface area contributed by atoms with Gasteiger partial charge in [0.25, 0.3) is 0 Å². The third kappa shape index (κ3) is 4.38. The molecule has 7 nitrogen and oxygen atoms in total. The molecule has 0 unspecified atom stereocenters. The SMILES string of the molecule is C[C@H](O)c1cc([N+](=O)[O-])ccc1[Se]OS(=O)(=O)C(F)(F)F. The molecule has 1 aromatic carbocycles. The number of non-ortho nitro benzene ring substituents is 1. The van der Waals surface area contributed by atoms with E-state index in [0.29, 0.717) is 0 Å². The van der Waals surface area contributed by atoms with Crippen molar-refractivity contribution in [3.63, 3.8) is 0 Å². The molecule has 0 radical (unpaired) electrons. The van der Waals surface area contributed by atoms with Gasteiger partial charge in [-0.15, -0.1) is 0 Å². The predicted molar refractivity (Wildman–Crippen MR) is 65.2 cm³/mol. The van der Waals surface area contributed by atoms with Crippen molar-refractivity contribution in [2.24, 2.45) is 0 Å². The van der Waals surface area contributed by atoms with E-state index < -0.39 is 41.9 Å². The second kappa shape index (κ2) is 6.28. The molecule has 1 aromatic rings. The quantitative estimate of drug-likeness (QED) is 0.342. The summed E-state index contributed by atoms with van der Waals surface area (Å²) in [5.41, 5.74) is -6.01. The van der Waals surface area contributed by atoms with Gasteiger partial charge in [-0.25, -0.2) is 0 Å². The molecular weight excluding hydrogens is 386 g/mol. The van der Waals surface area contributed by atoms with Crippen LogP contribution in [0.3, 0.4) is 0 Å². The molecule has 0 aliphatic carbocycles. The molecule has 0 aliphatic heterocycles. The number of aliphatic hydroxyl groups excluding tert-OH is 1. The summed E-state index contributed by atoms with van der Waals surface area (Å²) in [6.45, 7) is 1.23. The molecule has 0 fully saturated rings. The summed E-state index contributed by atoms with van der Waals surface area (Å²) in [7, 11) is -5.75. The molecule has 1 atom stereocenters. The Morgan fingerprint density at radius 2 is 2.00 bits per heavy atom. The van der Waals surface area contributed by atoms with Crippen molar-refractivity contribution in [2.45, 2.75) is 18.5 Å². The van der Waals surface area contributed by atoms with E-state index in [1.807, 2.05) is 0 Å². The van der Waals surface area contributed by atoms with Gasteiger partial charge in [0.2, 0.25) is 0 Å². The van der Waals surface area contributed by atoms with E-state index in [-0.39, 0.29) is 15.7 Å². The monoisotopic (exact) mass is 395 g/mol. The number of benzene rings is 1. The zero-order valence-electron chi connectivity index (χ0n) is 10.2. The Morgan fingerprint density at radius 1 is 1.43 bits per heavy atom. The van der Waals surface area contributed by atoms with Crippen LogP contribution in [0.5, 0.6) is 0 Å². The van der Waals surface area contributed by atoms with Crippen LogP contribution in [0.4, 0.5) is 18.9 Å². The summed E-state index contributed by atoms with van der Waals surface area (Å²) in [6, 6.07) is 2.98. The Labute approximate surface area is 123 Å². The van der Waals surface area contributed by atoms with Crippen LogP contribution in [0.15, 0.2) is 18.2 Å². The van der Waals surface area contributed by atoms with Crippen LogP contribution in [0, 0.1) is 10.1 Å². The van der Waals surface area contributed by atoms with Gasteiger partial charge in [-0.2, -0.15) is 0 Å². The molecule has 0 saturated heterocycles. The van der Waals surface area contributed by atoms with Gasteiger partial charge < -0.3 is 0 Å². The molecule has 0 heterocycles. The minimum absolute atomic E-state index is 0.0454. The maximum absolute atomic E-state index is 12.1. The van der Waals surface area contributed by atoms with Crippen molar-refractivity contribution in [3.8, 4) is 0 Å². The summed E-state index contributed by atoms with van der Waals surface area (Å²) < 4.78 is 61.8. The third-order valence-corrected chi connectivity index (χ3v) is 5.68. The van der Waals surface area contributed by atoms with Crippen LogP contribution < -0.4 is 4.46 Å². The fraction of sp³-hybridized carbons (Fsp3) is 0.333. The molecule has 0 bridgehead atoms. The number of nitro groups is 1. The molecule has 0 amide bonds. The summed E-state index contributed by atoms with van der Waals surface area (Å²) >= 11 is -1.63. The Bertz CT molecular complexity index is 645. The van der Waals surface area contributed by atoms with E-state index in [1.54, 1.807) is 0 Å². The van der Waals surface area contributed by atoms with E-state index in [0.717, 1.165) is 18.2 Å². The van der Waals surface area contributed by atoms with Crippen molar-refractivity contribution in [3.05, 3.63) is 33.9 Å². The molecule has 1 N–H and O–H groups in total. The second-order valence-corrected chi connectivity index (χ2v) is 7.34. The topological polar surface area (TPSA) is 107 Å². The number of alkyl halides is 3. The maximum atomic E-state index is 12.1. The normalized spacial score (nSPS) is 14.0. The number of nitrogens with zero attached hydrogens (tertiary/aromatic N) is 1. The first-order valence-corrected chi connectivity index (χ1v) is 8.06. The van der Waals surface area contributed by atoms with Gasteiger partial charge >= 0.3 is 123 Å². The van der Waals surface area contributed by atoms with E-state index in [9.17, 15) is 36.8 Å². The zero-order valence-corrected chi connectivity index (χ0v) is 12.7. The average Bonchev–Trinajstić information content (AvgIpc) is 2.34. The number of hydrogen-bond donors (Lipinski definition) is 1. The van der Waals surface area contributed by atoms with Gasteiger partial charge in [-0.1, -0.05) is 0 Å². The van der Waals surface area contributed by atoms with E-state index in [1.165, 1.54) is 6.92 Å². The molecule has 21 heavy (non-hydrogen) atoms. The predicted octanol–water partition coefficient (Wildman–Crippen LogP) is 0.759.